The Morgan fingerprint density at radius 1 is 1.67 bits per heavy atom. The molecule has 0 radical (unpaired) electrons. The molecule has 3 nitrogen and oxygen atoms in total. The molecule has 0 saturated carbocycles. The molecule has 0 spiro atoms. The molecule has 0 aromatic rings. The molecule has 0 aliphatic carbocycles. The van der Waals surface area contributed by atoms with E-state index in [1.54, 1.807) is 0 Å². The predicted octanol–water partition coefficient (Wildman–Crippen LogP) is 1.06. The van der Waals surface area contributed by atoms with Crippen molar-refractivity contribution in [1.82, 2.24) is 4.90 Å². The fourth-order valence-corrected chi connectivity index (χ4v) is 0.869. The molecule has 70 valence electrons. The predicted molar refractivity (Wildman–Crippen MR) is 48.9 cm³/mol. The van der Waals surface area contributed by atoms with Gasteiger partial charge in [-0.1, -0.05) is 13.5 Å². The summed E-state index contributed by atoms with van der Waals surface area (Å²) in [6.07, 6.45) is 2.00. The Kier molecular flexibility index (Phi) is 5.37. The summed E-state index contributed by atoms with van der Waals surface area (Å²) in [5, 5.41) is 0. The average Bonchev–Trinajstić information content (AvgIpc) is 2.02. The highest BCUT2D eigenvalue weighted by molar-refractivity contribution is 5.81. The van der Waals surface area contributed by atoms with E-state index in [0.717, 1.165) is 13.0 Å². The van der Waals surface area contributed by atoms with E-state index < -0.39 is 0 Å². The Hall–Kier alpha value is -0.830. The first kappa shape index (κ1) is 11.2. The highest BCUT2D eigenvalue weighted by Gasteiger charge is 2.10. The van der Waals surface area contributed by atoms with Gasteiger partial charge < -0.3 is 9.64 Å². The largest absolute Gasteiger partial charge is 0.458 e. The lowest BCUT2D eigenvalue weighted by molar-refractivity contribution is -0.143. The number of likely N-dealkylation sites (N-methyl/N-ethyl adjacent to an activating group) is 1. The van der Waals surface area contributed by atoms with Crippen molar-refractivity contribution in [2.24, 2.45) is 0 Å². The van der Waals surface area contributed by atoms with Gasteiger partial charge in [-0.3, -0.25) is 0 Å². The maximum absolute atomic E-state index is 10.8. The normalized spacial score (nSPS) is 12.7. The molecule has 3 heteroatoms. The number of ether oxygens (including phenoxy) is 1. The van der Waals surface area contributed by atoms with Crippen LogP contribution in [0.4, 0.5) is 0 Å². The molecule has 0 heterocycles. The maximum atomic E-state index is 10.8. The maximum Gasteiger partial charge on any atom is 0.330 e. The third kappa shape index (κ3) is 4.91. The monoisotopic (exact) mass is 171 g/mol. The first-order valence-corrected chi connectivity index (χ1v) is 4.08. The van der Waals surface area contributed by atoms with Gasteiger partial charge in [-0.2, -0.15) is 0 Å². The van der Waals surface area contributed by atoms with Crippen LogP contribution in [0.5, 0.6) is 0 Å². The number of carbonyl (C=O) groups excluding carboxylic acids is 1. The molecule has 0 aliphatic heterocycles. The number of hydrogen-bond acceptors (Lipinski definition) is 3. The average molecular weight is 171 g/mol. The van der Waals surface area contributed by atoms with Crippen LogP contribution in [-0.2, 0) is 9.53 Å². The fraction of sp³-hybridized carbons (Fsp3) is 0.667. The molecule has 0 N–H and O–H groups in total. The van der Waals surface area contributed by atoms with Crippen LogP contribution in [0, 0.1) is 0 Å². The zero-order valence-corrected chi connectivity index (χ0v) is 8.04. The third-order valence-corrected chi connectivity index (χ3v) is 1.47. The lowest BCUT2D eigenvalue weighted by Gasteiger charge is -2.19. The third-order valence-electron chi connectivity index (χ3n) is 1.47. The van der Waals surface area contributed by atoms with E-state index in [1.165, 1.54) is 6.08 Å². The molecule has 0 aromatic carbocycles. The van der Waals surface area contributed by atoms with E-state index >= 15 is 0 Å². The van der Waals surface area contributed by atoms with Crippen LogP contribution in [0.25, 0.3) is 0 Å². The zero-order chi connectivity index (χ0) is 9.56. The molecule has 1 atom stereocenters. The first-order valence-electron chi connectivity index (χ1n) is 4.08. The van der Waals surface area contributed by atoms with Crippen LogP contribution in [0.15, 0.2) is 12.7 Å². The minimum Gasteiger partial charge on any atom is -0.458 e. The second-order valence-electron chi connectivity index (χ2n) is 2.93. The van der Waals surface area contributed by atoms with Crippen molar-refractivity contribution in [2.45, 2.75) is 19.4 Å². The Morgan fingerprint density at radius 3 is 2.58 bits per heavy atom. The summed E-state index contributed by atoms with van der Waals surface area (Å²) in [4.78, 5) is 12.8. The van der Waals surface area contributed by atoms with Gasteiger partial charge in [0.15, 0.2) is 0 Å². The van der Waals surface area contributed by atoms with Crippen molar-refractivity contribution in [3.05, 3.63) is 12.7 Å². The Balaban J connectivity index is 3.82. The molecule has 0 saturated heterocycles. The van der Waals surface area contributed by atoms with Crippen LogP contribution in [0.2, 0.25) is 0 Å². The quantitative estimate of drug-likeness (QED) is 0.457. The SMILES string of the molecule is C=CC(=O)OC(CC)CN(C)C. The number of carbonyl (C=O) groups is 1. The highest BCUT2D eigenvalue weighted by atomic mass is 16.5. The van der Waals surface area contributed by atoms with Crippen molar-refractivity contribution in [2.75, 3.05) is 20.6 Å². The molecule has 1 unspecified atom stereocenters. The van der Waals surface area contributed by atoms with Gasteiger partial charge in [-0.15, -0.1) is 0 Å². The van der Waals surface area contributed by atoms with Crippen LogP contribution >= 0.6 is 0 Å². The lowest BCUT2D eigenvalue weighted by atomic mass is 10.2. The number of esters is 1. The van der Waals surface area contributed by atoms with Crippen molar-refractivity contribution < 1.29 is 9.53 Å². The van der Waals surface area contributed by atoms with Crippen molar-refractivity contribution in [3.8, 4) is 0 Å². The lowest BCUT2D eigenvalue weighted by Crippen LogP contribution is -2.29. The Bertz CT molecular complexity index is 155. The van der Waals surface area contributed by atoms with Crippen LogP contribution in [0.1, 0.15) is 13.3 Å². The summed E-state index contributed by atoms with van der Waals surface area (Å²) in [5.41, 5.74) is 0. The van der Waals surface area contributed by atoms with Gasteiger partial charge in [0.05, 0.1) is 0 Å². The van der Waals surface area contributed by atoms with Gasteiger partial charge in [-0.05, 0) is 20.5 Å². The summed E-state index contributed by atoms with van der Waals surface area (Å²) in [6, 6.07) is 0. The summed E-state index contributed by atoms with van der Waals surface area (Å²) < 4.78 is 5.06. The number of hydrogen-bond donors (Lipinski definition) is 0. The summed E-state index contributed by atoms with van der Waals surface area (Å²) in [7, 11) is 3.90. The summed E-state index contributed by atoms with van der Waals surface area (Å²) in [6.45, 7) is 6.09. The van der Waals surface area contributed by atoms with Crippen molar-refractivity contribution in [1.29, 1.82) is 0 Å². The van der Waals surface area contributed by atoms with Gasteiger partial charge in [-0.25, -0.2) is 4.79 Å². The smallest absolute Gasteiger partial charge is 0.330 e. The summed E-state index contributed by atoms with van der Waals surface area (Å²) in [5.74, 6) is -0.344. The summed E-state index contributed by atoms with van der Waals surface area (Å²) >= 11 is 0. The first-order chi connectivity index (χ1) is 5.60. The fourth-order valence-electron chi connectivity index (χ4n) is 0.869. The van der Waals surface area contributed by atoms with E-state index in [1.807, 2.05) is 25.9 Å². The minimum absolute atomic E-state index is 0.0227. The van der Waals surface area contributed by atoms with E-state index in [-0.39, 0.29) is 12.1 Å². The van der Waals surface area contributed by atoms with E-state index in [0.29, 0.717) is 0 Å². The molecular weight excluding hydrogens is 154 g/mol. The zero-order valence-electron chi connectivity index (χ0n) is 8.04. The van der Waals surface area contributed by atoms with Gasteiger partial charge in [0.25, 0.3) is 0 Å². The van der Waals surface area contributed by atoms with Crippen molar-refractivity contribution in [3.63, 3.8) is 0 Å². The highest BCUT2D eigenvalue weighted by Crippen LogP contribution is 1.99. The molecule has 0 bridgehead atoms. The molecule has 0 amide bonds. The molecule has 0 aromatic heterocycles. The van der Waals surface area contributed by atoms with Gasteiger partial charge in [0, 0.05) is 12.6 Å². The van der Waals surface area contributed by atoms with E-state index in [2.05, 4.69) is 6.58 Å². The van der Waals surface area contributed by atoms with Gasteiger partial charge >= 0.3 is 5.97 Å². The molecule has 0 aliphatic rings. The minimum atomic E-state index is -0.344. The van der Waals surface area contributed by atoms with Crippen LogP contribution in [0.3, 0.4) is 0 Å². The van der Waals surface area contributed by atoms with Crippen LogP contribution < -0.4 is 0 Å². The van der Waals surface area contributed by atoms with E-state index in [4.69, 9.17) is 4.74 Å². The molecule has 12 heavy (non-hydrogen) atoms. The Labute approximate surface area is 74.0 Å². The van der Waals surface area contributed by atoms with Gasteiger partial charge in [0.1, 0.15) is 6.10 Å². The van der Waals surface area contributed by atoms with Gasteiger partial charge in [0.2, 0.25) is 0 Å². The van der Waals surface area contributed by atoms with Crippen LogP contribution in [-0.4, -0.2) is 37.6 Å². The molecule has 0 fully saturated rings. The van der Waals surface area contributed by atoms with E-state index in [9.17, 15) is 4.79 Å². The second kappa shape index (κ2) is 5.77. The Morgan fingerprint density at radius 2 is 2.25 bits per heavy atom. The second-order valence-corrected chi connectivity index (χ2v) is 2.93. The number of nitrogens with zero attached hydrogens (tertiary/aromatic N) is 1. The molecular formula is C9H17NO2. The topological polar surface area (TPSA) is 29.5 Å². The standard InChI is InChI=1S/C9H17NO2/c1-5-8(7-10(3)4)12-9(11)6-2/h6,8H,2,5,7H2,1,3-4H3. The molecule has 0 rings (SSSR count). The van der Waals surface area contributed by atoms with Crippen molar-refractivity contribution >= 4 is 5.97 Å². The number of rotatable bonds is 5.